The van der Waals surface area contributed by atoms with Gasteiger partial charge in [-0.15, -0.1) is 0 Å². The van der Waals surface area contributed by atoms with Gasteiger partial charge in [0.2, 0.25) is 0 Å². The summed E-state index contributed by atoms with van der Waals surface area (Å²) in [6, 6.07) is 9.58. The Morgan fingerprint density at radius 3 is 2.71 bits per heavy atom. The fraction of sp³-hybridized carbons (Fsp3) is 0.429. The van der Waals surface area contributed by atoms with Gasteiger partial charge in [-0.2, -0.15) is 0 Å². The Morgan fingerprint density at radius 1 is 1.41 bits per heavy atom. The van der Waals surface area contributed by atoms with Gasteiger partial charge in [0.1, 0.15) is 17.4 Å². The van der Waals surface area contributed by atoms with Crippen molar-refractivity contribution in [1.82, 2.24) is 0 Å². The summed E-state index contributed by atoms with van der Waals surface area (Å²) in [5, 5.41) is 11.3. The maximum atomic E-state index is 10.3. The van der Waals surface area contributed by atoms with Crippen LogP contribution in [0.15, 0.2) is 34.7 Å². The lowest BCUT2D eigenvalue weighted by atomic mass is 9.94. The molecule has 0 radical (unpaired) electrons. The van der Waals surface area contributed by atoms with Gasteiger partial charge in [-0.1, -0.05) is 25.1 Å². The molecule has 1 aromatic carbocycles. The van der Waals surface area contributed by atoms with E-state index in [1.54, 1.807) is 7.11 Å². The molecule has 0 saturated carbocycles. The molecule has 0 fully saturated rings. The van der Waals surface area contributed by atoms with Gasteiger partial charge in [0.05, 0.1) is 5.60 Å². The molecule has 0 aliphatic carbocycles. The standard InChI is InChI=1S/C14H18O3/c1-4-14(2,16-3)13(15)12-9-10-7-5-6-8-11(10)17-12/h5-9,13,15H,4H2,1-3H3. The Hall–Kier alpha value is -1.32. The third kappa shape index (κ3) is 2.08. The van der Waals surface area contributed by atoms with Crippen molar-refractivity contribution < 1.29 is 14.3 Å². The predicted octanol–water partition coefficient (Wildman–Crippen LogP) is 3.28. The highest BCUT2D eigenvalue weighted by molar-refractivity contribution is 5.77. The van der Waals surface area contributed by atoms with E-state index in [-0.39, 0.29) is 0 Å². The molecule has 3 nitrogen and oxygen atoms in total. The van der Waals surface area contributed by atoms with E-state index in [0.29, 0.717) is 12.2 Å². The summed E-state index contributed by atoms with van der Waals surface area (Å²) in [5.74, 6) is 0.553. The summed E-state index contributed by atoms with van der Waals surface area (Å²) >= 11 is 0. The monoisotopic (exact) mass is 234 g/mol. The molecule has 2 unspecified atom stereocenters. The van der Waals surface area contributed by atoms with Gasteiger partial charge in [0.25, 0.3) is 0 Å². The lowest BCUT2D eigenvalue weighted by Gasteiger charge is -2.30. The fourth-order valence-electron chi connectivity index (χ4n) is 1.89. The number of benzene rings is 1. The third-order valence-corrected chi connectivity index (χ3v) is 3.46. The number of fused-ring (bicyclic) bond motifs is 1. The highest BCUT2D eigenvalue weighted by atomic mass is 16.5. The Balaban J connectivity index is 2.39. The van der Waals surface area contributed by atoms with Crippen LogP contribution in [0.1, 0.15) is 32.1 Å². The smallest absolute Gasteiger partial charge is 0.140 e. The minimum Gasteiger partial charge on any atom is -0.458 e. The molecule has 2 rings (SSSR count). The van der Waals surface area contributed by atoms with Crippen LogP contribution in [0.3, 0.4) is 0 Å². The minimum atomic E-state index is -0.759. The second kappa shape index (κ2) is 4.51. The van der Waals surface area contributed by atoms with Crippen LogP contribution in [0.5, 0.6) is 0 Å². The average molecular weight is 234 g/mol. The summed E-state index contributed by atoms with van der Waals surface area (Å²) in [5.41, 5.74) is 0.171. The highest BCUT2D eigenvalue weighted by Gasteiger charge is 2.34. The number of methoxy groups -OCH3 is 1. The van der Waals surface area contributed by atoms with Gasteiger partial charge in [0.15, 0.2) is 0 Å². The van der Waals surface area contributed by atoms with E-state index in [4.69, 9.17) is 9.15 Å². The fourth-order valence-corrected chi connectivity index (χ4v) is 1.89. The van der Waals surface area contributed by atoms with Crippen LogP contribution in [-0.4, -0.2) is 17.8 Å². The van der Waals surface area contributed by atoms with Gasteiger partial charge in [-0.05, 0) is 25.5 Å². The van der Waals surface area contributed by atoms with Crippen molar-refractivity contribution >= 4 is 11.0 Å². The molecule has 1 N–H and O–H groups in total. The van der Waals surface area contributed by atoms with Crippen LogP contribution in [0, 0.1) is 0 Å². The Morgan fingerprint density at radius 2 is 2.12 bits per heavy atom. The molecule has 0 aliphatic heterocycles. The average Bonchev–Trinajstić information content (AvgIpc) is 2.80. The molecule has 2 atom stereocenters. The van der Waals surface area contributed by atoms with E-state index in [1.165, 1.54) is 0 Å². The zero-order valence-electron chi connectivity index (χ0n) is 10.4. The molecule has 0 aliphatic rings. The van der Waals surface area contributed by atoms with E-state index >= 15 is 0 Å². The molecule has 0 spiro atoms. The van der Waals surface area contributed by atoms with Gasteiger partial charge in [-0.25, -0.2) is 0 Å². The first-order chi connectivity index (χ1) is 8.10. The molecule has 2 aromatic rings. The number of hydrogen-bond donors (Lipinski definition) is 1. The van der Waals surface area contributed by atoms with Crippen molar-refractivity contribution in [3.05, 3.63) is 36.1 Å². The van der Waals surface area contributed by atoms with E-state index in [1.807, 2.05) is 44.2 Å². The van der Waals surface area contributed by atoms with E-state index in [2.05, 4.69) is 0 Å². The van der Waals surface area contributed by atoms with Crippen LogP contribution >= 0.6 is 0 Å². The molecular weight excluding hydrogens is 216 g/mol. The number of aliphatic hydroxyl groups excluding tert-OH is 1. The molecule has 17 heavy (non-hydrogen) atoms. The summed E-state index contributed by atoms with van der Waals surface area (Å²) in [7, 11) is 1.61. The second-order valence-corrected chi connectivity index (χ2v) is 4.46. The first kappa shape index (κ1) is 12.1. The largest absolute Gasteiger partial charge is 0.458 e. The number of para-hydroxylation sites is 1. The van der Waals surface area contributed by atoms with Crippen molar-refractivity contribution in [2.75, 3.05) is 7.11 Å². The predicted molar refractivity (Wildman–Crippen MR) is 66.9 cm³/mol. The SMILES string of the molecule is CCC(C)(OC)C(O)c1cc2ccccc2o1. The van der Waals surface area contributed by atoms with Crippen LogP contribution in [0.2, 0.25) is 0 Å². The van der Waals surface area contributed by atoms with Crippen molar-refractivity contribution in [3.8, 4) is 0 Å². The number of furan rings is 1. The Kier molecular flexibility index (Phi) is 3.22. The van der Waals surface area contributed by atoms with Crippen LogP contribution in [0.25, 0.3) is 11.0 Å². The van der Waals surface area contributed by atoms with Gasteiger partial charge >= 0.3 is 0 Å². The van der Waals surface area contributed by atoms with Crippen LogP contribution < -0.4 is 0 Å². The van der Waals surface area contributed by atoms with Gasteiger partial charge < -0.3 is 14.3 Å². The van der Waals surface area contributed by atoms with Crippen LogP contribution in [-0.2, 0) is 4.74 Å². The normalized spacial score (nSPS) is 16.9. The molecule has 92 valence electrons. The van der Waals surface area contributed by atoms with E-state index in [0.717, 1.165) is 11.0 Å². The first-order valence-electron chi connectivity index (χ1n) is 5.82. The van der Waals surface area contributed by atoms with Crippen molar-refractivity contribution in [2.24, 2.45) is 0 Å². The number of aliphatic hydroxyl groups is 1. The molecule has 3 heteroatoms. The minimum absolute atomic E-state index is 0.553. The molecule has 0 bridgehead atoms. The lowest BCUT2D eigenvalue weighted by molar-refractivity contribution is -0.101. The topological polar surface area (TPSA) is 42.6 Å². The quantitative estimate of drug-likeness (QED) is 0.882. The zero-order chi connectivity index (χ0) is 12.5. The number of ether oxygens (including phenoxy) is 1. The molecule has 0 saturated heterocycles. The Labute approximate surface area is 101 Å². The summed E-state index contributed by atoms with van der Waals surface area (Å²) in [6.07, 6.45) is -0.0493. The van der Waals surface area contributed by atoms with Crippen molar-refractivity contribution in [2.45, 2.75) is 32.0 Å². The Bertz CT molecular complexity index is 464. The summed E-state index contributed by atoms with van der Waals surface area (Å²) in [6.45, 7) is 3.86. The van der Waals surface area contributed by atoms with E-state index < -0.39 is 11.7 Å². The summed E-state index contributed by atoms with van der Waals surface area (Å²) < 4.78 is 11.0. The second-order valence-electron chi connectivity index (χ2n) is 4.46. The molecule has 0 amide bonds. The lowest BCUT2D eigenvalue weighted by Crippen LogP contribution is -2.34. The molecule has 1 aromatic heterocycles. The van der Waals surface area contributed by atoms with Crippen LogP contribution in [0.4, 0.5) is 0 Å². The van der Waals surface area contributed by atoms with Gasteiger partial charge in [-0.3, -0.25) is 0 Å². The first-order valence-corrected chi connectivity index (χ1v) is 5.82. The maximum Gasteiger partial charge on any atom is 0.140 e. The van der Waals surface area contributed by atoms with Crippen molar-refractivity contribution in [3.63, 3.8) is 0 Å². The third-order valence-electron chi connectivity index (χ3n) is 3.46. The highest BCUT2D eigenvalue weighted by Crippen LogP contribution is 2.34. The molecule has 1 heterocycles. The zero-order valence-corrected chi connectivity index (χ0v) is 10.4. The maximum absolute atomic E-state index is 10.3. The van der Waals surface area contributed by atoms with E-state index in [9.17, 15) is 5.11 Å². The van der Waals surface area contributed by atoms with Gasteiger partial charge in [0, 0.05) is 12.5 Å². The number of hydrogen-bond acceptors (Lipinski definition) is 3. The summed E-state index contributed by atoms with van der Waals surface area (Å²) in [4.78, 5) is 0. The molecular formula is C14H18O3. The number of rotatable bonds is 4. The van der Waals surface area contributed by atoms with Crippen molar-refractivity contribution in [1.29, 1.82) is 0 Å².